The lowest BCUT2D eigenvalue weighted by molar-refractivity contribution is 0.0697. The summed E-state index contributed by atoms with van der Waals surface area (Å²) in [6.07, 6.45) is 1.04. The van der Waals surface area contributed by atoms with E-state index in [2.05, 4.69) is 10.6 Å². The van der Waals surface area contributed by atoms with Crippen molar-refractivity contribution in [3.63, 3.8) is 0 Å². The van der Waals surface area contributed by atoms with Crippen LogP contribution in [0.1, 0.15) is 33.8 Å². The normalized spacial score (nSPS) is 16.4. The number of rotatable bonds is 5. The van der Waals surface area contributed by atoms with Crippen molar-refractivity contribution in [2.24, 2.45) is 0 Å². The van der Waals surface area contributed by atoms with Gasteiger partial charge in [-0.05, 0) is 41.8 Å². The lowest BCUT2D eigenvalue weighted by atomic mass is 9.98. The first-order valence-electron chi connectivity index (χ1n) is 8.16. The van der Waals surface area contributed by atoms with E-state index in [0.717, 1.165) is 30.9 Å². The van der Waals surface area contributed by atoms with Crippen LogP contribution in [0.15, 0.2) is 48.5 Å². The fourth-order valence-electron chi connectivity index (χ4n) is 2.76. The lowest BCUT2D eigenvalue weighted by Gasteiger charge is -2.11. The van der Waals surface area contributed by atoms with Crippen LogP contribution in [0, 0.1) is 0 Å². The average Bonchev–Trinajstić information content (AvgIpc) is 3.15. The third-order valence-electron chi connectivity index (χ3n) is 4.22. The summed E-state index contributed by atoms with van der Waals surface area (Å²) in [5.74, 6) is -0.526. The van der Waals surface area contributed by atoms with Crippen molar-refractivity contribution in [2.75, 3.05) is 18.5 Å². The van der Waals surface area contributed by atoms with Gasteiger partial charge >= 0.3 is 12.0 Å². The van der Waals surface area contributed by atoms with Gasteiger partial charge in [0.25, 0.3) is 0 Å². The second kappa shape index (κ2) is 7.81. The van der Waals surface area contributed by atoms with Crippen molar-refractivity contribution in [2.45, 2.75) is 18.9 Å². The Morgan fingerprint density at radius 2 is 1.80 bits per heavy atom. The van der Waals surface area contributed by atoms with Crippen molar-refractivity contribution in [1.29, 1.82) is 0 Å². The maximum absolute atomic E-state index is 12.0. The van der Waals surface area contributed by atoms with Gasteiger partial charge in [-0.25, -0.2) is 9.59 Å². The molecule has 0 saturated carbocycles. The molecule has 1 saturated heterocycles. The molecule has 3 rings (SSSR count). The first-order valence-corrected chi connectivity index (χ1v) is 8.16. The van der Waals surface area contributed by atoms with Crippen LogP contribution in [0.5, 0.6) is 0 Å². The molecule has 0 radical (unpaired) electrons. The van der Waals surface area contributed by atoms with Crippen molar-refractivity contribution >= 4 is 17.7 Å². The number of carboxylic acid groups (broad SMARTS) is 1. The Kier molecular flexibility index (Phi) is 5.30. The summed E-state index contributed by atoms with van der Waals surface area (Å²) in [4.78, 5) is 22.8. The second-order valence-electron chi connectivity index (χ2n) is 5.99. The smallest absolute Gasteiger partial charge is 0.335 e. The highest BCUT2D eigenvalue weighted by Crippen LogP contribution is 2.26. The van der Waals surface area contributed by atoms with Crippen LogP contribution in [-0.4, -0.2) is 30.3 Å². The van der Waals surface area contributed by atoms with Gasteiger partial charge in [0.1, 0.15) is 0 Å². The minimum absolute atomic E-state index is 0.223. The Labute approximate surface area is 145 Å². The molecule has 1 fully saturated rings. The SMILES string of the molecule is O=C(NCc1ccc(C(=O)O)cc1)Nc1ccc([C@H]2CCOC2)cc1. The summed E-state index contributed by atoms with van der Waals surface area (Å²) >= 11 is 0. The Balaban J connectivity index is 1.49. The first-order chi connectivity index (χ1) is 12.1. The monoisotopic (exact) mass is 340 g/mol. The van der Waals surface area contributed by atoms with Crippen LogP contribution in [0.4, 0.5) is 10.5 Å². The lowest BCUT2D eigenvalue weighted by Crippen LogP contribution is -2.28. The number of benzene rings is 2. The zero-order chi connectivity index (χ0) is 17.6. The molecule has 130 valence electrons. The van der Waals surface area contributed by atoms with Crippen molar-refractivity contribution in [3.8, 4) is 0 Å². The zero-order valence-electron chi connectivity index (χ0n) is 13.7. The molecule has 0 bridgehead atoms. The fourth-order valence-corrected chi connectivity index (χ4v) is 2.76. The number of anilines is 1. The fraction of sp³-hybridized carbons (Fsp3) is 0.263. The number of ether oxygens (including phenoxy) is 1. The van der Waals surface area contributed by atoms with Crippen molar-refractivity contribution in [3.05, 3.63) is 65.2 Å². The van der Waals surface area contributed by atoms with Gasteiger partial charge in [0.2, 0.25) is 0 Å². The molecular weight excluding hydrogens is 320 g/mol. The molecule has 0 aliphatic carbocycles. The van der Waals surface area contributed by atoms with Gasteiger partial charge in [-0.2, -0.15) is 0 Å². The number of carbonyl (C=O) groups is 2. The predicted molar refractivity (Wildman–Crippen MR) is 93.9 cm³/mol. The Hall–Kier alpha value is -2.86. The number of nitrogens with one attached hydrogen (secondary N) is 2. The Morgan fingerprint density at radius 3 is 2.40 bits per heavy atom. The van der Waals surface area contributed by atoms with Gasteiger partial charge in [-0.3, -0.25) is 0 Å². The Bertz CT molecular complexity index is 735. The number of carbonyl (C=O) groups excluding carboxylic acids is 1. The van der Waals surface area contributed by atoms with E-state index in [1.54, 1.807) is 12.1 Å². The average molecular weight is 340 g/mol. The summed E-state index contributed by atoms with van der Waals surface area (Å²) in [5.41, 5.74) is 3.00. The van der Waals surface area contributed by atoms with Crippen LogP contribution < -0.4 is 10.6 Å². The molecule has 1 heterocycles. The predicted octanol–water partition coefficient (Wildman–Crippen LogP) is 3.21. The third kappa shape index (κ3) is 4.58. The molecule has 6 heteroatoms. The molecule has 2 aromatic carbocycles. The minimum Gasteiger partial charge on any atom is -0.478 e. The third-order valence-corrected chi connectivity index (χ3v) is 4.22. The highest BCUT2D eigenvalue weighted by Gasteiger charge is 2.17. The molecule has 3 N–H and O–H groups in total. The summed E-state index contributed by atoms with van der Waals surface area (Å²) in [5, 5.41) is 14.4. The molecule has 0 aromatic heterocycles. The van der Waals surface area contributed by atoms with Crippen LogP contribution in [0.2, 0.25) is 0 Å². The molecule has 2 aromatic rings. The Morgan fingerprint density at radius 1 is 1.08 bits per heavy atom. The highest BCUT2D eigenvalue weighted by atomic mass is 16.5. The van der Waals surface area contributed by atoms with Gasteiger partial charge in [0.15, 0.2) is 0 Å². The number of urea groups is 1. The van der Waals surface area contributed by atoms with E-state index in [1.807, 2.05) is 24.3 Å². The molecule has 25 heavy (non-hydrogen) atoms. The molecule has 0 unspecified atom stereocenters. The molecule has 2 amide bonds. The van der Waals surface area contributed by atoms with Gasteiger partial charge in [-0.15, -0.1) is 0 Å². The van der Waals surface area contributed by atoms with E-state index < -0.39 is 5.97 Å². The van der Waals surface area contributed by atoms with Crippen LogP contribution in [0.3, 0.4) is 0 Å². The first kappa shape index (κ1) is 17.0. The van der Waals surface area contributed by atoms with Gasteiger partial charge < -0.3 is 20.5 Å². The number of amides is 2. The van der Waals surface area contributed by atoms with E-state index in [9.17, 15) is 9.59 Å². The molecule has 1 atom stereocenters. The highest BCUT2D eigenvalue weighted by molar-refractivity contribution is 5.89. The number of carboxylic acids is 1. The summed E-state index contributed by atoms with van der Waals surface area (Å²) in [6.45, 7) is 1.89. The summed E-state index contributed by atoms with van der Waals surface area (Å²) in [7, 11) is 0. The van der Waals surface area contributed by atoms with Crippen LogP contribution in [-0.2, 0) is 11.3 Å². The quantitative estimate of drug-likeness (QED) is 0.780. The van der Waals surface area contributed by atoms with Crippen molar-refractivity contribution in [1.82, 2.24) is 5.32 Å². The summed E-state index contributed by atoms with van der Waals surface area (Å²) in [6, 6.07) is 13.9. The topological polar surface area (TPSA) is 87.7 Å². The second-order valence-corrected chi connectivity index (χ2v) is 5.99. The van der Waals surface area contributed by atoms with Crippen LogP contribution in [0.25, 0.3) is 0 Å². The zero-order valence-corrected chi connectivity index (χ0v) is 13.7. The summed E-state index contributed by atoms with van der Waals surface area (Å²) < 4.78 is 5.39. The number of aromatic carboxylic acids is 1. The molecular formula is C19H20N2O4. The molecule has 6 nitrogen and oxygen atoms in total. The number of hydrogen-bond acceptors (Lipinski definition) is 3. The van der Waals surface area contributed by atoms with Crippen LogP contribution >= 0.6 is 0 Å². The minimum atomic E-state index is -0.968. The van der Waals surface area contributed by atoms with E-state index in [4.69, 9.17) is 9.84 Å². The standard InChI is InChI=1S/C19H20N2O4/c22-18(23)15-3-1-13(2-4-15)11-20-19(24)21-17-7-5-14(6-8-17)16-9-10-25-12-16/h1-8,16H,9-12H2,(H,22,23)(H2,20,21,24)/t16-/m0/s1. The number of hydrogen-bond donors (Lipinski definition) is 3. The molecule has 1 aliphatic heterocycles. The molecule has 0 spiro atoms. The molecule has 1 aliphatic rings. The van der Waals surface area contributed by atoms with E-state index >= 15 is 0 Å². The van der Waals surface area contributed by atoms with Gasteiger partial charge in [0, 0.05) is 24.8 Å². The van der Waals surface area contributed by atoms with E-state index in [0.29, 0.717) is 12.5 Å². The maximum atomic E-state index is 12.0. The largest absolute Gasteiger partial charge is 0.478 e. The van der Waals surface area contributed by atoms with Gasteiger partial charge in [0.05, 0.1) is 12.2 Å². The van der Waals surface area contributed by atoms with E-state index in [1.165, 1.54) is 17.7 Å². The maximum Gasteiger partial charge on any atom is 0.335 e. The van der Waals surface area contributed by atoms with E-state index in [-0.39, 0.29) is 11.6 Å². The van der Waals surface area contributed by atoms with Gasteiger partial charge in [-0.1, -0.05) is 24.3 Å². The van der Waals surface area contributed by atoms with Crippen molar-refractivity contribution < 1.29 is 19.4 Å².